The number of thioether (sulfide) groups is 1. The number of aryl methyl sites for hydroxylation is 2. The van der Waals surface area contributed by atoms with E-state index in [2.05, 4.69) is 34.8 Å². The molecule has 0 radical (unpaired) electrons. The van der Waals surface area contributed by atoms with Crippen molar-refractivity contribution >= 4 is 28.5 Å². The molecule has 1 fully saturated rings. The van der Waals surface area contributed by atoms with E-state index in [-0.39, 0.29) is 11.7 Å². The number of piperazine rings is 1. The molecule has 8 heteroatoms. The standard InChI is InChI=1S/C24H26F2N4OS/c1-4-15-11-18-21-22(20(15)17-6-5-16(25)12-19(17)26)32-10-9-30(21)24(31)27-23(18)29-8-7-28(3)13-14(29)2/h5-6,11-12,14H,4,7-10,13H2,1-3H3/t14-/m0/s1. The van der Waals surface area contributed by atoms with Crippen LogP contribution in [0.15, 0.2) is 34.0 Å². The van der Waals surface area contributed by atoms with E-state index in [1.54, 1.807) is 16.3 Å². The van der Waals surface area contributed by atoms with Gasteiger partial charge >= 0.3 is 5.69 Å². The topological polar surface area (TPSA) is 41.4 Å². The summed E-state index contributed by atoms with van der Waals surface area (Å²) in [7, 11) is 2.10. The summed E-state index contributed by atoms with van der Waals surface area (Å²) in [5.74, 6) is 0.235. The molecule has 0 N–H and O–H groups in total. The lowest BCUT2D eigenvalue weighted by Gasteiger charge is -2.39. The number of rotatable bonds is 3. The zero-order valence-electron chi connectivity index (χ0n) is 18.5. The molecule has 2 aliphatic heterocycles. The molecular formula is C24H26F2N4OS. The summed E-state index contributed by atoms with van der Waals surface area (Å²) in [6, 6.07) is 6.00. The summed E-state index contributed by atoms with van der Waals surface area (Å²) in [4.78, 5) is 23.0. The molecular weight excluding hydrogens is 430 g/mol. The van der Waals surface area contributed by atoms with Crippen LogP contribution in [0.5, 0.6) is 0 Å². The molecule has 2 aliphatic rings. The predicted molar refractivity (Wildman–Crippen MR) is 126 cm³/mol. The first-order valence-electron chi connectivity index (χ1n) is 11.0. The van der Waals surface area contributed by atoms with Crippen LogP contribution >= 0.6 is 11.8 Å². The monoisotopic (exact) mass is 456 g/mol. The average molecular weight is 457 g/mol. The highest BCUT2D eigenvalue weighted by Crippen LogP contribution is 2.44. The fourth-order valence-corrected chi connectivity index (χ4v) is 6.19. The molecule has 2 aromatic carbocycles. The second-order valence-corrected chi connectivity index (χ2v) is 9.74. The van der Waals surface area contributed by atoms with Crippen molar-refractivity contribution in [1.82, 2.24) is 14.5 Å². The van der Waals surface area contributed by atoms with Crippen molar-refractivity contribution in [2.75, 3.05) is 37.3 Å². The Bertz CT molecular complexity index is 1280. The molecule has 0 amide bonds. The Labute approximate surface area is 190 Å². The van der Waals surface area contributed by atoms with Gasteiger partial charge in [-0.3, -0.25) is 4.57 Å². The van der Waals surface area contributed by atoms with Crippen LogP contribution in [0.2, 0.25) is 0 Å². The summed E-state index contributed by atoms with van der Waals surface area (Å²) < 4.78 is 30.2. The van der Waals surface area contributed by atoms with Crippen LogP contribution in [-0.2, 0) is 13.0 Å². The van der Waals surface area contributed by atoms with Gasteiger partial charge in [-0.2, -0.15) is 4.98 Å². The summed E-state index contributed by atoms with van der Waals surface area (Å²) >= 11 is 1.64. The third kappa shape index (κ3) is 3.40. The number of likely N-dealkylation sites (N-methyl/N-ethyl adjacent to an activating group) is 1. The Morgan fingerprint density at radius 1 is 1.19 bits per heavy atom. The number of benzene rings is 2. The van der Waals surface area contributed by atoms with Gasteiger partial charge in [-0.15, -0.1) is 11.8 Å². The largest absolute Gasteiger partial charge is 0.351 e. The van der Waals surface area contributed by atoms with Crippen molar-refractivity contribution in [2.24, 2.45) is 0 Å². The van der Waals surface area contributed by atoms with E-state index in [9.17, 15) is 13.6 Å². The van der Waals surface area contributed by atoms with Gasteiger partial charge in [-0.05, 0) is 44.2 Å². The lowest BCUT2D eigenvalue weighted by atomic mass is 9.94. The van der Waals surface area contributed by atoms with E-state index in [1.807, 2.05) is 6.92 Å². The highest BCUT2D eigenvalue weighted by atomic mass is 32.2. The predicted octanol–water partition coefficient (Wildman–Crippen LogP) is 4.15. The molecule has 1 aromatic heterocycles. The van der Waals surface area contributed by atoms with E-state index in [0.717, 1.165) is 52.6 Å². The molecule has 0 unspecified atom stereocenters. The number of halogens is 2. The van der Waals surface area contributed by atoms with Gasteiger partial charge in [0.1, 0.15) is 17.5 Å². The number of anilines is 1. The van der Waals surface area contributed by atoms with Crippen molar-refractivity contribution in [2.45, 2.75) is 37.8 Å². The van der Waals surface area contributed by atoms with Crippen LogP contribution in [0.3, 0.4) is 0 Å². The van der Waals surface area contributed by atoms with Crippen LogP contribution in [0.1, 0.15) is 19.4 Å². The first-order chi connectivity index (χ1) is 15.4. The first kappa shape index (κ1) is 21.4. The smallest absolute Gasteiger partial charge is 0.350 e. The summed E-state index contributed by atoms with van der Waals surface area (Å²) in [5, 5.41) is 0.936. The Kier molecular flexibility index (Phi) is 5.45. The highest BCUT2D eigenvalue weighted by Gasteiger charge is 2.29. The van der Waals surface area contributed by atoms with Crippen LogP contribution in [0, 0.1) is 11.6 Å². The molecule has 168 valence electrons. The average Bonchev–Trinajstić information content (AvgIpc) is 2.76. The maximum Gasteiger partial charge on any atom is 0.350 e. The van der Waals surface area contributed by atoms with Gasteiger partial charge in [0.25, 0.3) is 0 Å². The molecule has 0 bridgehead atoms. The van der Waals surface area contributed by atoms with Gasteiger partial charge in [0.2, 0.25) is 0 Å². The molecule has 5 rings (SSSR count). The second kappa shape index (κ2) is 8.15. The molecule has 32 heavy (non-hydrogen) atoms. The van der Waals surface area contributed by atoms with Gasteiger partial charge in [-0.1, -0.05) is 6.92 Å². The van der Waals surface area contributed by atoms with Gasteiger partial charge in [-0.25, -0.2) is 13.6 Å². The highest BCUT2D eigenvalue weighted by molar-refractivity contribution is 7.99. The Hall–Kier alpha value is -2.45. The van der Waals surface area contributed by atoms with Crippen molar-refractivity contribution in [3.05, 3.63) is 51.9 Å². The van der Waals surface area contributed by atoms with Gasteiger partial charge < -0.3 is 9.80 Å². The molecule has 3 heterocycles. The Morgan fingerprint density at radius 2 is 2.00 bits per heavy atom. The lowest BCUT2D eigenvalue weighted by molar-refractivity contribution is 0.275. The fourth-order valence-electron chi connectivity index (χ4n) is 4.97. The molecule has 0 aliphatic carbocycles. The quantitative estimate of drug-likeness (QED) is 0.592. The number of nitrogens with zero attached hydrogens (tertiary/aromatic N) is 4. The Morgan fingerprint density at radius 3 is 2.72 bits per heavy atom. The zero-order valence-corrected chi connectivity index (χ0v) is 19.3. The second-order valence-electron chi connectivity index (χ2n) is 8.64. The van der Waals surface area contributed by atoms with E-state index in [1.165, 1.54) is 12.1 Å². The minimum atomic E-state index is -0.598. The number of hydrogen-bond donors (Lipinski definition) is 0. The normalized spacial score (nSPS) is 19.0. The molecule has 0 spiro atoms. The van der Waals surface area contributed by atoms with Crippen LogP contribution in [0.4, 0.5) is 14.6 Å². The number of hydrogen-bond acceptors (Lipinski definition) is 5. The van der Waals surface area contributed by atoms with Gasteiger partial charge in [0, 0.05) is 65.4 Å². The summed E-state index contributed by atoms with van der Waals surface area (Å²) in [5.41, 5.74) is 2.66. The van der Waals surface area contributed by atoms with Crippen molar-refractivity contribution in [1.29, 1.82) is 0 Å². The third-order valence-electron chi connectivity index (χ3n) is 6.53. The molecule has 0 saturated carbocycles. The van der Waals surface area contributed by atoms with Crippen LogP contribution < -0.4 is 10.6 Å². The van der Waals surface area contributed by atoms with Crippen molar-refractivity contribution in [3.8, 4) is 11.1 Å². The summed E-state index contributed by atoms with van der Waals surface area (Å²) in [6.07, 6.45) is 0.687. The van der Waals surface area contributed by atoms with Gasteiger partial charge in [0.05, 0.1) is 5.52 Å². The van der Waals surface area contributed by atoms with Crippen molar-refractivity contribution in [3.63, 3.8) is 0 Å². The van der Waals surface area contributed by atoms with Crippen LogP contribution in [0.25, 0.3) is 22.0 Å². The lowest BCUT2D eigenvalue weighted by Crippen LogP contribution is -2.51. The fraction of sp³-hybridized carbons (Fsp3) is 0.417. The van der Waals surface area contributed by atoms with E-state index < -0.39 is 11.6 Å². The first-order valence-corrected chi connectivity index (χ1v) is 12.0. The van der Waals surface area contributed by atoms with Crippen molar-refractivity contribution < 1.29 is 8.78 Å². The molecule has 1 saturated heterocycles. The molecule has 3 aromatic rings. The SMILES string of the molecule is CCc1cc2c(N3CCN(C)C[C@@H]3C)nc(=O)n3c2c(c1-c1ccc(F)cc1F)SCC3. The minimum Gasteiger partial charge on any atom is -0.351 e. The third-order valence-corrected chi connectivity index (χ3v) is 7.60. The zero-order chi connectivity index (χ0) is 22.6. The van der Waals surface area contributed by atoms with E-state index >= 15 is 0 Å². The maximum absolute atomic E-state index is 14.9. The van der Waals surface area contributed by atoms with E-state index in [4.69, 9.17) is 0 Å². The van der Waals surface area contributed by atoms with E-state index in [0.29, 0.717) is 30.1 Å². The molecule has 5 nitrogen and oxygen atoms in total. The molecule has 1 atom stereocenters. The summed E-state index contributed by atoms with van der Waals surface area (Å²) in [6.45, 7) is 7.34. The maximum atomic E-state index is 14.9. The van der Waals surface area contributed by atoms with Gasteiger partial charge in [0.15, 0.2) is 0 Å². The number of aromatic nitrogens is 2. The van der Waals surface area contributed by atoms with Crippen LogP contribution in [-0.4, -0.2) is 52.9 Å². The minimum absolute atomic E-state index is 0.220. The Balaban J connectivity index is 1.83.